The van der Waals surface area contributed by atoms with Gasteiger partial charge >= 0.3 is 4.87 Å². The minimum atomic E-state index is -0.854. The summed E-state index contributed by atoms with van der Waals surface area (Å²) in [7, 11) is 1.53. The monoisotopic (exact) mass is 639 g/mol. The molecule has 3 unspecified atom stereocenters. The summed E-state index contributed by atoms with van der Waals surface area (Å²) >= 11 is 15.1. The lowest BCUT2D eigenvalue weighted by atomic mass is 9.83. The van der Waals surface area contributed by atoms with Gasteiger partial charge in [-0.25, -0.2) is 4.90 Å². The molecule has 42 heavy (non-hydrogen) atoms. The van der Waals surface area contributed by atoms with Crippen LogP contribution < -0.4 is 19.8 Å². The molecule has 214 valence electrons. The topological polar surface area (TPSA) is 97.7 Å². The van der Waals surface area contributed by atoms with Gasteiger partial charge < -0.3 is 10.1 Å². The number of ether oxygens (including phenoxy) is 1. The zero-order chi connectivity index (χ0) is 29.7. The minimum Gasteiger partial charge on any atom is -0.497 e. The number of rotatable bonds is 6. The number of carbonyl (C=O) groups is 3. The van der Waals surface area contributed by atoms with Crippen LogP contribution >= 0.6 is 46.3 Å². The number of hydrogen-bond acceptors (Lipinski definition) is 7. The molecule has 0 saturated carbocycles. The second-order valence-corrected chi connectivity index (χ2v) is 12.8. The standard InChI is InChI=1S/C30H23Cl2N3O5S2/c1-15-5-3-6-16(13-15)33-21(36)14-34-29-26(42-30(34)39)22(19-7-4-8-20(31)24(19)32)23-25(41-29)28(38)35(27(23)37)17-9-11-18(40-2)12-10-17/h3-13,22-23,25H,14H2,1-2H3,(H,33,36). The lowest BCUT2D eigenvalue weighted by Gasteiger charge is -2.31. The smallest absolute Gasteiger partial charge is 0.308 e. The number of nitrogens with one attached hydrogen (secondary N) is 1. The van der Waals surface area contributed by atoms with E-state index in [9.17, 15) is 19.2 Å². The Morgan fingerprint density at radius 3 is 2.45 bits per heavy atom. The Balaban J connectivity index is 1.43. The molecule has 3 amide bonds. The number of thiazole rings is 1. The van der Waals surface area contributed by atoms with Crippen molar-refractivity contribution in [1.29, 1.82) is 0 Å². The van der Waals surface area contributed by atoms with Crippen LogP contribution in [0.25, 0.3) is 0 Å². The van der Waals surface area contributed by atoms with E-state index in [0.717, 1.165) is 28.7 Å². The van der Waals surface area contributed by atoms with Crippen molar-refractivity contribution in [3.8, 4) is 5.75 Å². The highest BCUT2D eigenvalue weighted by atomic mass is 35.5. The number of imide groups is 1. The van der Waals surface area contributed by atoms with E-state index >= 15 is 0 Å². The van der Waals surface area contributed by atoms with Gasteiger partial charge in [0.2, 0.25) is 17.7 Å². The van der Waals surface area contributed by atoms with Crippen LogP contribution in [-0.2, 0) is 20.9 Å². The zero-order valence-corrected chi connectivity index (χ0v) is 25.4. The number of hydrogen-bond donors (Lipinski definition) is 1. The summed E-state index contributed by atoms with van der Waals surface area (Å²) < 4.78 is 6.59. The maximum Gasteiger partial charge on any atom is 0.308 e. The van der Waals surface area contributed by atoms with Gasteiger partial charge in [-0.2, -0.15) is 0 Å². The number of carbonyl (C=O) groups excluding carboxylic acids is 3. The molecule has 3 atom stereocenters. The molecule has 6 rings (SSSR count). The Labute approximate surface area is 259 Å². The van der Waals surface area contributed by atoms with E-state index in [4.69, 9.17) is 27.9 Å². The molecular weight excluding hydrogens is 617 g/mol. The number of aryl methyl sites for hydroxylation is 1. The van der Waals surface area contributed by atoms with Crippen LogP contribution in [0.15, 0.2) is 76.6 Å². The Bertz CT molecular complexity index is 1800. The third-order valence-electron chi connectivity index (χ3n) is 7.30. The lowest BCUT2D eigenvalue weighted by Crippen LogP contribution is -2.33. The number of amides is 3. The molecule has 0 radical (unpaired) electrons. The van der Waals surface area contributed by atoms with E-state index < -0.39 is 34.8 Å². The molecule has 3 heterocycles. The fourth-order valence-electron chi connectivity index (χ4n) is 5.40. The summed E-state index contributed by atoms with van der Waals surface area (Å²) in [5, 5.41) is 2.98. The van der Waals surface area contributed by atoms with Gasteiger partial charge in [0.1, 0.15) is 17.5 Å². The summed E-state index contributed by atoms with van der Waals surface area (Å²) in [6, 6.07) is 19.1. The van der Waals surface area contributed by atoms with Gasteiger partial charge in [-0.05, 0) is 60.5 Å². The van der Waals surface area contributed by atoms with Crippen molar-refractivity contribution in [2.24, 2.45) is 5.92 Å². The van der Waals surface area contributed by atoms with E-state index in [1.165, 1.54) is 16.6 Å². The quantitative estimate of drug-likeness (QED) is 0.261. The van der Waals surface area contributed by atoms with Gasteiger partial charge in [0.05, 0.1) is 33.8 Å². The molecule has 2 aliphatic rings. The van der Waals surface area contributed by atoms with E-state index in [2.05, 4.69) is 5.32 Å². The van der Waals surface area contributed by atoms with Gasteiger partial charge in [-0.15, -0.1) is 0 Å². The Kier molecular flexibility index (Phi) is 7.65. The van der Waals surface area contributed by atoms with Crippen LogP contribution in [0.1, 0.15) is 21.9 Å². The van der Waals surface area contributed by atoms with Crippen LogP contribution in [0.5, 0.6) is 5.75 Å². The summed E-state index contributed by atoms with van der Waals surface area (Å²) in [6.45, 7) is 1.65. The van der Waals surface area contributed by atoms with E-state index in [0.29, 0.717) is 37.6 Å². The first-order valence-electron chi connectivity index (χ1n) is 12.9. The van der Waals surface area contributed by atoms with Crippen molar-refractivity contribution in [1.82, 2.24) is 4.57 Å². The SMILES string of the molecule is COc1ccc(N2C(=O)C3Sc4c(sc(=O)n4CC(=O)Nc4cccc(C)c4)C(c4cccc(Cl)c4Cl)C3C2=O)cc1. The molecule has 2 aliphatic heterocycles. The lowest BCUT2D eigenvalue weighted by molar-refractivity contribution is -0.122. The van der Waals surface area contributed by atoms with E-state index in [1.807, 2.05) is 25.1 Å². The maximum atomic E-state index is 14.0. The number of fused-ring (bicyclic) bond motifs is 2. The largest absolute Gasteiger partial charge is 0.497 e. The number of thioether (sulfide) groups is 1. The van der Waals surface area contributed by atoms with E-state index in [-0.39, 0.29) is 16.4 Å². The van der Waals surface area contributed by atoms with Crippen molar-refractivity contribution < 1.29 is 19.1 Å². The molecule has 1 fully saturated rings. The molecule has 1 saturated heterocycles. The van der Waals surface area contributed by atoms with Crippen molar-refractivity contribution in [3.05, 3.63) is 102 Å². The van der Waals surface area contributed by atoms with Gasteiger partial charge in [0.25, 0.3) is 0 Å². The zero-order valence-electron chi connectivity index (χ0n) is 22.3. The maximum absolute atomic E-state index is 14.0. The average Bonchev–Trinajstić information content (AvgIpc) is 3.41. The normalized spacial score (nSPS) is 19.4. The highest BCUT2D eigenvalue weighted by Crippen LogP contribution is 2.55. The molecule has 3 aromatic carbocycles. The highest BCUT2D eigenvalue weighted by molar-refractivity contribution is 8.00. The molecule has 0 spiro atoms. The van der Waals surface area contributed by atoms with Crippen LogP contribution in [0.4, 0.5) is 11.4 Å². The predicted molar refractivity (Wildman–Crippen MR) is 165 cm³/mol. The van der Waals surface area contributed by atoms with Crippen molar-refractivity contribution in [3.63, 3.8) is 0 Å². The second kappa shape index (κ2) is 11.3. The number of benzene rings is 3. The third-order valence-corrected chi connectivity index (χ3v) is 10.7. The summed E-state index contributed by atoms with van der Waals surface area (Å²) in [4.78, 5) is 55.7. The fourth-order valence-corrected chi connectivity index (χ4v) is 8.59. The Morgan fingerprint density at radius 1 is 1.00 bits per heavy atom. The molecule has 8 nitrogen and oxygen atoms in total. The Hall–Kier alpha value is -3.57. The minimum absolute atomic E-state index is 0.244. The van der Waals surface area contributed by atoms with Crippen LogP contribution in [0.3, 0.4) is 0 Å². The summed E-state index contributed by atoms with van der Waals surface area (Å²) in [5.41, 5.74) is 2.54. The van der Waals surface area contributed by atoms with Crippen LogP contribution in [-0.4, -0.2) is 34.6 Å². The number of nitrogens with zero attached hydrogens (tertiary/aromatic N) is 2. The van der Waals surface area contributed by atoms with Crippen LogP contribution in [0, 0.1) is 12.8 Å². The van der Waals surface area contributed by atoms with Crippen LogP contribution in [0.2, 0.25) is 10.0 Å². The first-order valence-corrected chi connectivity index (χ1v) is 15.4. The van der Waals surface area contributed by atoms with Gasteiger partial charge in [0.15, 0.2) is 0 Å². The molecule has 1 aromatic heterocycles. The molecule has 0 aliphatic carbocycles. The second-order valence-electron chi connectivity index (χ2n) is 9.94. The average molecular weight is 641 g/mol. The Morgan fingerprint density at radius 2 is 1.74 bits per heavy atom. The summed E-state index contributed by atoms with van der Waals surface area (Å²) in [6.07, 6.45) is 0. The number of halogens is 2. The van der Waals surface area contributed by atoms with Crippen molar-refractivity contribution >= 4 is 75.4 Å². The molecule has 0 bridgehead atoms. The van der Waals surface area contributed by atoms with Gasteiger partial charge in [0, 0.05) is 16.5 Å². The number of anilines is 2. The predicted octanol–water partition coefficient (Wildman–Crippen LogP) is 5.97. The molecule has 4 aromatic rings. The first kappa shape index (κ1) is 28.5. The number of methoxy groups -OCH3 is 1. The fraction of sp³-hybridized carbons (Fsp3) is 0.200. The van der Waals surface area contributed by atoms with Gasteiger partial charge in [-0.1, -0.05) is 70.6 Å². The van der Waals surface area contributed by atoms with E-state index in [1.54, 1.807) is 48.5 Å². The van der Waals surface area contributed by atoms with Crippen molar-refractivity contribution in [2.45, 2.75) is 29.7 Å². The third kappa shape index (κ3) is 4.92. The van der Waals surface area contributed by atoms with Crippen molar-refractivity contribution in [2.75, 3.05) is 17.3 Å². The molecule has 12 heteroatoms. The number of aromatic nitrogens is 1. The highest BCUT2D eigenvalue weighted by Gasteiger charge is 2.57. The molecule has 1 N–H and O–H groups in total. The first-order chi connectivity index (χ1) is 20.2. The van der Waals surface area contributed by atoms with Gasteiger partial charge in [-0.3, -0.25) is 23.7 Å². The summed E-state index contributed by atoms with van der Waals surface area (Å²) in [5.74, 6) is -2.20. The molecular formula is C30H23Cl2N3O5S2.